The molecular weight excluding hydrogens is 392 g/mol. The summed E-state index contributed by atoms with van der Waals surface area (Å²) in [6.07, 6.45) is 0. The van der Waals surface area contributed by atoms with Crippen LogP contribution in [-0.4, -0.2) is 68.0 Å². The van der Waals surface area contributed by atoms with Crippen LogP contribution in [0.1, 0.15) is 16.7 Å². The minimum atomic E-state index is 0.00174. The molecule has 0 unspecified atom stereocenters. The van der Waals surface area contributed by atoms with Gasteiger partial charge in [-0.1, -0.05) is 30.3 Å². The maximum Gasteiger partial charge on any atom is 0.238 e. The highest BCUT2D eigenvalue weighted by atomic mass is 16.5. The maximum atomic E-state index is 12.5. The number of piperazine rings is 1. The molecule has 2 aromatic carbocycles. The zero-order chi connectivity index (χ0) is 22.2. The molecule has 2 N–H and O–H groups in total. The summed E-state index contributed by atoms with van der Waals surface area (Å²) in [6.45, 7) is 8.28. The SMILES string of the molecule is COc1cccc(CNC(=O)CN2CCN(CC(=O)Nc3c(C)cccc3C)CC2)c1. The van der Waals surface area contributed by atoms with E-state index < -0.39 is 0 Å². The fourth-order valence-electron chi connectivity index (χ4n) is 3.74. The zero-order valence-electron chi connectivity index (χ0n) is 18.6. The van der Waals surface area contributed by atoms with Gasteiger partial charge in [0.2, 0.25) is 11.8 Å². The smallest absolute Gasteiger partial charge is 0.238 e. The Balaban J connectivity index is 1.38. The van der Waals surface area contributed by atoms with Crippen LogP contribution < -0.4 is 15.4 Å². The Labute approximate surface area is 184 Å². The number of hydrogen-bond acceptors (Lipinski definition) is 5. The van der Waals surface area contributed by atoms with Crippen LogP contribution in [0.5, 0.6) is 5.75 Å². The molecule has 0 spiro atoms. The zero-order valence-corrected chi connectivity index (χ0v) is 18.6. The molecule has 1 fully saturated rings. The van der Waals surface area contributed by atoms with E-state index in [0.717, 1.165) is 54.3 Å². The maximum absolute atomic E-state index is 12.5. The lowest BCUT2D eigenvalue weighted by atomic mass is 10.1. The van der Waals surface area contributed by atoms with Crippen LogP contribution in [0.25, 0.3) is 0 Å². The van der Waals surface area contributed by atoms with Crippen LogP contribution in [0.4, 0.5) is 5.69 Å². The third kappa shape index (κ3) is 6.80. The molecule has 0 radical (unpaired) electrons. The molecule has 1 aliphatic rings. The Kier molecular flexibility index (Phi) is 8.03. The van der Waals surface area contributed by atoms with Gasteiger partial charge in [-0.3, -0.25) is 19.4 Å². The van der Waals surface area contributed by atoms with Gasteiger partial charge in [0.25, 0.3) is 0 Å². The van der Waals surface area contributed by atoms with Crippen LogP contribution in [0, 0.1) is 13.8 Å². The standard InChI is InChI=1S/C24H32N4O3/c1-18-6-4-7-19(2)24(18)26-23(30)17-28-12-10-27(11-13-28)16-22(29)25-15-20-8-5-9-21(14-20)31-3/h4-9,14H,10-13,15-17H2,1-3H3,(H,25,29)(H,26,30). The highest BCUT2D eigenvalue weighted by Gasteiger charge is 2.21. The second kappa shape index (κ2) is 10.9. The minimum absolute atomic E-state index is 0.00174. The topological polar surface area (TPSA) is 73.9 Å². The number of benzene rings is 2. The number of hydrogen-bond donors (Lipinski definition) is 2. The third-order valence-corrected chi connectivity index (χ3v) is 5.57. The van der Waals surface area contributed by atoms with Gasteiger partial charge < -0.3 is 15.4 Å². The second-order valence-electron chi connectivity index (χ2n) is 8.00. The van der Waals surface area contributed by atoms with Gasteiger partial charge in [-0.15, -0.1) is 0 Å². The Morgan fingerprint density at radius 2 is 1.48 bits per heavy atom. The number of carbonyl (C=O) groups is 2. The predicted octanol–water partition coefficient (Wildman–Crippen LogP) is 2.18. The number of methoxy groups -OCH3 is 1. The molecule has 2 amide bonds. The molecule has 0 saturated carbocycles. The average molecular weight is 425 g/mol. The Morgan fingerprint density at radius 3 is 2.10 bits per heavy atom. The van der Waals surface area contributed by atoms with Gasteiger partial charge in [-0.25, -0.2) is 0 Å². The van der Waals surface area contributed by atoms with E-state index in [1.54, 1.807) is 7.11 Å². The number of carbonyl (C=O) groups excluding carboxylic acids is 2. The van der Waals surface area contributed by atoms with E-state index >= 15 is 0 Å². The number of aryl methyl sites for hydroxylation is 2. The van der Waals surface area contributed by atoms with Crippen molar-refractivity contribution in [1.29, 1.82) is 0 Å². The molecule has 0 atom stereocenters. The lowest BCUT2D eigenvalue weighted by Gasteiger charge is -2.33. The van der Waals surface area contributed by atoms with E-state index in [-0.39, 0.29) is 11.8 Å². The average Bonchev–Trinajstić information content (AvgIpc) is 2.76. The van der Waals surface area contributed by atoms with Gasteiger partial charge in [0.1, 0.15) is 5.75 Å². The molecule has 7 heteroatoms. The number of ether oxygens (including phenoxy) is 1. The number of nitrogens with zero attached hydrogens (tertiary/aromatic N) is 2. The van der Waals surface area contributed by atoms with Gasteiger partial charge in [0.05, 0.1) is 20.2 Å². The molecule has 0 bridgehead atoms. The Bertz CT molecular complexity index is 887. The van der Waals surface area contributed by atoms with Gasteiger partial charge in [-0.05, 0) is 42.7 Å². The van der Waals surface area contributed by atoms with Gasteiger partial charge >= 0.3 is 0 Å². The lowest BCUT2D eigenvalue weighted by Crippen LogP contribution is -2.50. The summed E-state index contributed by atoms with van der Waals surface area (Å²) in [5.74, 6) is 0.787. The molecular formula is C24H32N4O3. The fraction of sp³-hybridized carbons (Fsp3) is 0.417. The van der Waals surface area contributed by atoms with Crippen molar-refractivity contribution in [2.45, 2.75) is 20.4 Å². The molecule has 0 aliphatic carbocycles. The van der Waals surface area contributed by atoms with Crippen molar-refractivity contribution in [2.75, 3.05) is 51.7 Å². The first kappa shape index (κ1) is 22.8. The first-order chi connectivity index (χ1) is 14.9. The summed E-state index contributed by atoms with van der Waals surface area (Å²) in [7, 11) is 1.63. The molecule has 31 heavy (non-hydrogen) atoms. The number of rotatable bonds is 8. The summed E-state index contributed by atoms with van der Waals surface area (Å²) in [5, 5.41) is 6.01. The normalized spacial score (nSPS) is 14.8. The molecule has 1 aliphatic heterocycles. The highest BCUT2D eigenvalue weighted by Crippen LogP contribution is 2.19. The highest BCUT2D eigenvalue weighted by molar-refractivity contribution is 5.93. The van der Waals surface area contributed by atoms with Crippen LogP contribution in [0.15, 0.2) is 42.5 Å². The van der Waals surface area contributed by atoms with E-state index in [0.29, 0.717) is 19.6 Å². The van der Waals surface area contributed by atoms with E-state index in [9.17, 15) is 9.59 Å². The second-order valence-corrected chi connectivity index (χ2v) is 8.00. The summed E-state index contributed by atoms with van der Waals surface area (Å²) in [4.78, 5) is 29.0. The molecule has 1 heterocycles. The summed E-state index contributed by atoms with van der Waals surface area (Å²) < 4.78 is 5.21. The van der Waals surface area contributed by atoms with E-state index in [1.165, 1.54) is 0 Å². The van der Waals surface area contributed by atoms with Gasteiger partial charge in [0.15, 0.2) is 0 Å². The monoisotopic (exact) mass is 424 g/mol. The number of anilines is 1. The van der Waals surface area contributed by atoms with Crippen molar-refractivity contribution in [3.8, 4) is 5.75 Å². The van der Waals surface area contributed by atoms with Crippen molar-refractivity contribution in [3.63, 3.8) is 0 Å². The van der Waals surface area contributed by atoms with Crippen molar-refractivity contribution in [3.05, 3.63) is 59.2 Å². The van der Waals surface area contributed by atoms with E-state index in [4.69, 9.17) is 4.74 Å². The molecule has 3 rings (SSSR count). The Morgan fingerprint density at radius 1 is 0.903 bits per heavy atom. The van der Waals surface area contributed by atoms with Crippen LogP contribution in [-0.2, 0) is 16.1 Å². The van der Waals surface area contributed by atoms with Crippen molar-refractivity contribution >= 4 is 17.5 Å². The lowest BCUT2D eigenvalue weighted by molar-refractivity contribution is -0.123. The number of nitrogens with one attached hydrogen (secondary N) is 2. The Hall–Kier alpha value is -2.90. The molecule has 0 aromatic heterocycles. The molecule has 1 saturated heterocycles. The minimum Gasteiger partial charge on any atom is -0.497 e. The van der Waals surface area contributed by atoms with E-state index in [1.807, 2.05) is 56.3 Å². The molecule has 2 aromatic rings. The summed E-state index contributed by atoms with van der Waals surface area (Å²) >= 11 is 0. The first-order valence-electron chi connectivity index (χ1n) is 10.6. The van der Waals surface area contributed by atoms with Crippen molar-refractivity contribution < 1.29 is 14.3 Å². The largest absolute Gasteiger partial charge is 0.497 e. The molecule has 7 nitrogen and oxygen atoms in total. The number of para-hydroxylation sites is 1. The molecule has 166 valence electrons. The van der Waals surface area contributed by atoms with Crippen LogP contribution in [0.3, 0.4) is 0 Å². The quantitative estimate of drug-likeness (QED) is 0.680. The predicted molar refractivity (Wildman–Crippen MR) is 122 cm³/mol. The third-order valence-electron chi connectivity index (χ3n) is 5.57. The van der Waals surface area contributed by atoms with E-state index in [2.05, 4.69) is 20.4 Å². The summed E-state index contributed by atoms with van der Waals surface area (Å²) in [6, 6.07) is 13.7. The van der Waals surface area contributed by atoms with Gasteiger partial charge in [0, 0.05) is 38.4 Å². The van der Waals surface area contributed by atoms with Crippen molar-refractivity contribution in [1.82, 2.24) is 15.1 Å². The van der Waals surface area contributed by atoms with Crippen LogP contribution in [0.2, 0.25) is 0 Å². The summed E-state index contributed by atoms with van der Waals surface area (Å²) in [5.41, 5.74) is 4.04. The van der Waals surface area contributed by atoms with Crippen LogP contribution >= 0.6 is 0 Å². The first-order valence-corrected chi connectivity index (χ1v) is 10.6. The van der Waals surface area contributed by atoms with Gasteiger partial charge in [-0.2, -0.15) is 0 Å². The fourth-order valence-corrected chi connectivity index (χ4v) is 3.74. The number of amides is 2. The van der Waals surface area contributed by atoms with Crippen molar-refractivity contribution in [2.24, 2.45) is 0 Å².